The number of carbonyl (C=O) groups is 3. The van der Waals surface area contributed by atoms with Crippen LogP contribution in [-0.4, -0.2) is 47.0 Å². The first-order chi connectivity index (χ1) is 9.90. The molecule has 1 atom stereocenters. The summed E-state index contributed by atoms with van der Waals surface area (Å²) in [5.41, 5.74) is -0.435. The van der Waals surface area contributed by atoms with Gasteiger partial charge in [-0.2, -0.15) is 0 Å². The van der Waals surface area contributed by atoms with Gasteiger partial charge in [-0.3, -0.25) is 9.69 Å². The van der Waals surface area contributed by atoms with Crippen LogP contribution in [0.1, 0.15) is 0 Å². The molecule has 0 saturated carbocycles. The maximum Gasteiger partial charge on any atom is 0.328 e. The molecule has 1 aromatic rings. The molecule has 1 aliphatic heterocycles. The van der Waals surface area contributed by atoms with Gasteiger partial charge in [0.2, 0.25) is 5.91 Å². The van der Waals surface area contributed by atoms with Crippen molar-refractivity contribution >= 4 is 23.6 Å². The van der Waals surface area contributed by atoms with Crippen LogP contribution in [0.4, 0.5) is 19.3 Å². The van der Waals surface area contributed by atoms with Gasteiger partial charge in [0.25, 0.3) is 0 Å². The van der Waals surface area contributed by atoms with E-state index in [1.165, 1.54) is 6.07 Å². The lowest BCUT2D eigenvalue weighted by atomic mass is 10.2. The standard InChI is InChI=1S/C12H11F2N3O4/c13-6-2-1-3-7(10(6)14)16-12(21)17-5-9(18)15-4-8(17)11(19)20/h1-3,8H,4-5H2,(H,15,18)(H,16,21)(H,19,20). The number of hydrogen-bond acceptors (Lipinski definition) is 3. The molecule has 1 fully saturated rings. The quantitative estimate of drug-likeness (QED) is 0.735. The van der Waals surface area contributed by atoms with Crippen molar-refractivity contribution in [2.45, 2.75) is 6.04 Å². The Morgan fingerprint density at radius 2 is 2.10 bits per heavy atom. The van der Waals surface area contributed by atoms with E-state index in [-0.39, 0.29) is 6.54 Å². The molecule has 2 rings (SSSR count). The number of benzene rings is 1. The number of carboxylic acid groups (broad SMARTS) is 1. The molecule has 112 valence electrons. The highest BCUT2D eigenvalue weighted by molar-refractivity contribution is 5.96. The van der Waals surface area contributed by atoms with Crippen LogP contribution >= 0.6 is 0 Å². The Labute approximate surface area is 117 Å². The van der Waals surface area contributed by atoms with E-state index in [9.17, 15) is 23.2 Å². The lowest BCUT2D eigenvalue weighted by molar-refractivity contribution is -0.144. The smallest absolute Gasteiger partial charge is 0.328 e. The minimum Gasteiger partial charge on any atom is -0.480 e. The molecular formula is C12H11F2N3O4. The third-order valence-corrected chi connectivity index (χ3v) is 2.92. The number of anilines is 1. The third kappa shape index (κ3) is 3.07. The van der Waals surface area contributed by atoms with Crippen LogP contribution < -0.4 is 10.6 Å². The molecule has 3 N–H and O–H groups in total. The molecule has 1 aromatic carbocycles. The van der Waals surface area contributed by atoms with Gasteiger partial charge >= 0.3 is 12.0 Å². The second kappa shape index (κ2) is 5.73. The SMILES string of the molecule is O=C1CN(C(=O)Nc2cccc(F)c2F)C(C(=O)O)CN1. The largest absolute Gasteiger partial charge is 0.480 e. The summed E-state index contributed by atoms with van der Waals surface area (Å²) in [6.07, 6.45) is 0. The molecule has 3 amide bonds. The molecular weight excluding hydrogens is 288 g/mol. The predicted octanol–water partition coefficient (Wildman–Crippen LogP) is 0.382. The average molecular weight is 299 g/mol. The number of carboxylic acids is 1. The fraction of sp³-hybridized carbons (Fsp3) is 0.250. The number of urea groups is 1. The van der Waals surface area contributed by atoms with E-state index >= 15 is 0 Å². The van der Waals surface area contributed by atoms with E-state index in [0.717, 1.165) is 17.0 Å². The minimum absolute atomic E-state index is 0.257. The Bertz CT molecular complexity index is 608. The lowest BCUT2D eigenvalue weighted by Gasteiger charge is -2.32. The summed E-state index contributed by atoms with van der Waals surface area (Å²) in [7, 11) is 0. The number of halogens is 2. The summed E-state index contributed by atoms with van der Waals surface area (Å²) in [5.74, 6) is -4.27. The molecule has 7 nitrogen and oxygen atoms in total. The number of piperazine rings is 1. The van der Waals surface area contributed by atoms with Crippen LogP contribution in [0, 0.1) is 11.6 Å². The second-order valence-corrected chi connectivity index (χ2v) is 4.32. The molecule has 0 spiro atoms. The van der Waals surface area contributed by atoms with E-state index < -0.39 is 47.8 Å². The first-order valence-electron chi connectivity index (χ1n) is 5.91. The van der Waals surface area contributed by atoms with Gasteiger partial charge in [-0.1, -0.05) is 6.07 Å². The average Bonchev–Trinajstić information content (AvgIpc) is 2.43. The molecule has 0 aliphatic carbocycles. The van der Waals surface area contributed by atoms with Gasteiger partial charge in [0.05, 0.1) is 5.69 Å². The molecule has 0 bridgehead atoms. The number of rotatable bonds is 2. The molecule has 1 saturated heterocycles. The fourth-order valence-electron chi connectivity index (χ4n) is 1.86. The van der Waals surface area contributed by atoms with Crippen molar-refractivity contribution in [3.05, 3.63) is 29.8 Å². The molecule has 9 heteroatoms. The Balaban J connectivity index is 2.19. The summed E-state index contributed by atoms with van der Waals surface area (Å²) < 4.78 is 26.5. The molecule has 0 radical (unpaired) electrons. The fourth-order valence-corrected chi connectivity index (χ4v) is 1.86. The van der Waals surface area contributed by atoms with Crippen molar-refractivity contribution in [2.75, 3.05) is 18.4 Å². The van der Waals surface area contributed by atoms with Gasteiger partial charge in [-0.25, -0.2) is 18.4 Å². The van der Waals surface area contributed by atoms with Crippen LogP contribution in [-0.2, 0) is 9.59 Å². The minimum atomic E-state index is -1.31. The van der Waals surface area contributed by atoms with Crippen LogP contribution in [0.5, 0.6) is 0 Å². The number of nitrogens with one attached hydrogen (secondary N) is 2. The molecule has 1 aliphatic rings. The highest BCUT2D eigenvalue weighted by atomic mass is 19.2. The van der Waals surface area contributed by atoms with Crippen molar-refractivity contribution in [2.24, 2.45) is 0 Å². The summed E-state index contributed by atoms with van der Waals surface area (Å²) in [4.78, 5) is 35.0. The Morgan fingerprint density at radius 1 is 1.38 bits per heavy atom. The summed E-state index contributed by atoms with van der Waals surface area (Å²) >= 11 is 0. The van der Waals surface area contributed by atoms with Crippen LogP contribution in [0.15, 0.2) is 18.2 Å². The highest BCUT2D eigenvalue weighted by Crippen LogP contribution is 2.18. The number of aliphatic carboxylic acids is 1. The van der Waals surface area contributed by atoms with Crippen LogP contribution in [0.25, 0.3) is 0 Å². The van der Waals surface area contributed by atoms with E-state index in [1.807, 2.05) is 0 Å². The van der Waals surface area contributed by atoms with Gasteiger partial charge in [0, 0.05) is 6.54 Å². The molecule has 1 unspecified atom stereocenters. The monoisotopic (exact) mass is 299 g/mol. The summed E-state index contributed by atoms with van der Waals surface area (Å²) in [6.45, 7) is -0.743. The number of nitrogens with zero attached hydrogens (tertiary/aromatic N) is 1. The first-order valence-corrected chi connectivity index (χ1v) is 5.91. The predicted molar refractivity (Wildman–Crippen MR) is 66.5 cm³/mol. The van der Waals surface area contributed by atoms with E-state index in [0.29, 0.717) is 0 Å². The van der Waals surface area contributed by atoms with Crippen LogP contribution in [0.3, 0.4) is 0 Å². The van der Waals surface area contributed by atoms with Gasteiger partial charge in [-0.15, -0.1) is 0 Å². The van der Waals surface area contributed by atoms with Gasteiger partial charge in [-0.05, 0) is 12.1 Å². The number of carbonyl (C=O) groups excluding carboxylic acids is 2. The first kappa shape index (κ1) is 14.7. The molecule has 1 heterocycles. The van der Waals surface area contributed by atoms with Crippen molar-refractivity contribution in [1.82, 2.24) is 10.2 Å². The lowest BCUT2D eigenvalue weighted by Crippen LogP contribution is -2.60. The van der Waals surface area contributed by atoms with Crippen molar-refractivity contribution in [3.63, 3.8) is 0 Å². The van der Waals surface area contributed by atoms with E-state index in [1.54, 1.807) is 0 Å². The van der Waals surface area contributed by atoms with Gasteiger partial charge in [0.15, 0.2) is 11.6 Å². The maximum atomic E-state index is 13.5. The van der Waals surface area contributed by atoms with Crippen LogP contribution in [0.2, 0.25) is 0 Å². The van der Waals surface area contributed by atoms with Gasteiger partial charge < -0.3 is 15.7 Å². The number of amides is 3. The second-order valence-electron chi connectivity index (χ2n) is 4.32. The Kier molecular flexibility index (Phi) is 4.01. The summed E-state index contributed by atoms with van der Waals surface area (Å²) in [5, 5.41) is 13.4. The van der Waals surface area contributed by atoms with Gasteiger partial charge in [0.1, 0.15) is 12.6 Å². The van der Waals surface area contributed by atoms with Crippen molar-refractivity contribution < 1.29 is 28.3 Å². The summed E-state index contributed by atoms with van der Waals surface area (Å²) in [6, 6.07) is 0.905. The zero-order valence-electron chi connectivity index (χ0n) is 10.6. The van der Waals surface area contributed by atoms with Crippen molar-refractivity contribution in [3.8, 4) is 0 Å². The maximum absolute atomic E-state index is 13.5. The number of hydrogen-bond donors (Lipinski definition) is 3. The molecule has 21 heavy (non-hydrogen) atoms. The Morgan fingerprint density at radius 3 is 2.76 bits per heavy atom. The zero-order chi connectivity index (χ0) is 15.6. The highest BCUT2D eigenvalue weighted by Gasteiger charge is 2.35. The van der Waals surface area contributed by atoms with E-state index in [4.69, 9.17) is 5.11 Å². The zero-order valence-corrected chi connectivity index (χ0v) is 10.6. The topological polar surface area (TPSA) is 98.7 Å². The molecule has 0 aromatic heterocycles. The van der Waals surface area contributed by atoms with E-state index in [2.05, 4.69) is 10.6 Å². The normalized spacial score (nSPS) is 18.1. The Hall–Kier alpha value is -2.71. The van der Waals surface area contributed by atoms with Crippen molar-refractivity contribution in [1.29, 1.82) is 0 Å². The third-order valence-electron chi connectivity index (χ3n) is 2.92.